The van der Waals surface area contributed by atoms with Crippen molar-refractivity contribution in [2.75, 3.05) is 0 Å². The molecule has 0 atom stereocenters. The quantitative estimate of drug-likeness (QED) is 0.550. The maximum atomic E-state index is 5.10. The van der Waals surface area contributed by atoms with Gasteiger partial charge in [-0.2, -0.15) is 0 Å². The Balaban J connectivity index is 2.83. The topological polar surface area (TPSA) is 9.23 Å². The van der Waals surface area contributed by atoms with Crippen molar-refractivity contribution in [3.05, 3.63) is 30.3 Å². The normalized spacial score (nSPS) is 9.00. The predicted octanol–water partition coefficient (Wildman–Crippen LogP) is 0.346. The summed E-state index contributed by atoms with van der Waals surface area (Å²) in [6.45, 7) is 0. The molecular weight excluding hydrogens is 161 g/mol. The van der Waals surface area contributed by atoms with Gasteiger partial charge in [-0.15, -0.1) is 0 Å². The molecule has 0 spiro atoms. The molecule has 0 saturated heterocycles. The van der Waals surface area contributed by atoms with E-state index < -0.39 is 0 Å². The van der Waals surface area contributed by atoms with Crippen molar-refractivity contribution in [1.82, 2.24) is 0 Å². The van der Waals surface area contributed by atoms with Gasteiger partial charge in [0, 0.05) is 0 Å². The van der Waals surface area contributed by atoms with Gasteiger partial charge in [0.1, 0.15) is 0 Å². The summed E-state index contributed by atoms with van der Waals surface area (Å²) in [6.07, 6.45) is 0. The van der Waals surface area contributed by atoms with E-state index in [0.717, 1.165) is 5.75 Å². The fourth-order valence-corrected chi connectivity index (χ4v) is 1.13. The van der Waals surface area contributed by atoms with E-state index in [0.29, 0.717) is 16.9 Å². The third kappa shape index (κ3) is 1.27. The summed E-state index contributed by atoms with van der Waals surface area (Å²) in [6, 6.07) is 9.86. The van der Waals surface area contributed by atoms with Crippen LogP contribution in [0.15, 0.2) is 30.3 Å². The van der Waals surface area contributed by atoms with Crippen LogP contribution in [0.2, 0.25) is 0 Å². The van der Waals surface area contributed by atoms with Crippen LogP contribution in [0, 0.1) is 0 Å². The summed E-state index contributed by atoms with van der Waals surface area (Å²) in [4.78, 5) is 0. The molecule has 0 heterocycles. The molecule has 0 saturated carbocycles. The molecule has 42 valence electrons. The van der Waals surface area contributed by atoms with Crippen LogP contribution in [0.4, 0.5) is 0 Å². The van der Waals surface area contributed by atoms with Gasteiger partial charge < -0.3 is 0 Å². The molecule has 1 nitrogen and oxygen atoms in total. The predicted molar refractivity (Wildman–Crippen MR) is 37.0 cm³/mol. The molecule has 0 amide bonds. The average molecular weight is 169 g/mol. The van der Waals surface area contributed by atoms with Crippen LogP contribution in [0.5, 0.6) is 5.75 Å². The van der Waals surface area contributed by atoms with Gasteiger partial charge in [-0.25, -0.2) is 0 Å². The first-order chi connectivity index (χ1) is 3.93. The van der Waals surface area contributed by atoms with Crippen molar-refractivity contribution in [3.63, 3.8) is 0 Å². The van der Waals surface area contributed by atoms with Crippen molar-refractivity contribution in [3.8, 4) is 5.75 Å². The number of para-hydroxylation sites is 1. The zero-order valence-corrected chi connectivity index (χ0v) is 8.99. The van der Waals surface area contributed by atoms with Crippen LogP contribution in [0.25, 0.3) is 0 Å². The molecular formula is C6H8GeO. The number of benzene rings is 1. The summed E-state index contributed by atoms with van der Waals surface area (Å²) in [7, 11) is 0. The van der Waals surface area contributed by atoms with Crippen molar-refractivity contribution in [2.24, 2.45) is 0 Å². The van der Waals surface area contributed by atoms with Gasteiger partial charge in [-0.05, 0) is 0 Å². The van der Waals surface area contributed by atoms with E-state index in [1.165, 1.54) is 0 Å². The Bertz CT molecular complexity index is 150. The SMILES string of the molecule is [GeH3][O]c1ccccc1. The molecule has 0 aliphatic rings. The summed E-state index contributed by atoms with van der Waals surface area (Å²) in [5.74, 6) is 0.993. The molecule has 0 bridgehead atoms. The first-order valence-electron chi connectivity index (χ1n) is 2.52. The minimum atomic E-state index is 0.467. The Hall–Kier alpha value is -0.437. The summed E-state index contributed by atoms with van der Waals surface area (Å²) < 4.78 is 5.10. The fourth-order valence-electron chi connectivity index (χ4n) is 0.557. The second kappa shape index (κ2) is 2.77. The summed E-state index contributed by atoms with van der Waals surface area (Å²) in [5, 5.41) is 0. The maximum absolute atomic E-state index is 5.10. The molecule has 0 aliphatic carbocycles. The summed E-state index contributed by atoms with van der Waals surface area (Å²) >= 11 is 0.467. The van der Waals surface area contributed by atoms with E-state index in [-0.39, 0.29) is 0 Å². The van der Waals surface area contributed by atoms with E-state index in [2.05, 4.69) is 0 Å². The molecule has 8 heavy (non-hydrogen) atoms. The molecule has 0 radical (unpaired) electrons. The van der Waals surface area contributed by atoms with Crippen LogP contribution >= 0.6 is 0 Å². The first-order valence-corrected chi connectivity index (χ1v) is 4.24. The molecule has 0 aliphatic heterocycles. The van der Waals surface area contributed by atoms with Crippen LogP contribution < -0.4 is 3.76 Å². The molecule has 1 rings (SSSR count). The van der Waals surface area contributed by atoms with E-state index in [1.54, 1.807) is 0 Å². The van der Waals surface area contributed by atoms with E-state index in [4.69, 9.17) is 3.76 Å². The van der Waals surface area contributed by atoms with Crippen molar-refractivity contribution < 1.29 is 3.76 Å². The van der Waals surface area contributed by atoms with Crippen LogP contribution in [0.3, 0.4) is 0 Å². The van der Waals surface area contributed by atoms with Gasteiger partial charge in [0.05, 0.1) is 0 Å². The third-order valence-electron chi connectivity index (χ3n) is 0.979. The Kier molecular flexibility index (Phi) is 1.97. The number of hydrogen-bond donors (Lipinski definition) is 0. The zero-order chi connectivity index (χ0) is 5.82. The van der Waals surface area contributed by atoms with E-state index in [9.17, 15) is 0 Å². The Morgan fingerprint density at radius 3 is 2.12 bits per heavy atom. The average Bonchev–Trinajstić information content (AvgIpc) is 1.90. The third-order valence-corrected chi connectivity index (χ3v) is 1.97. The summed E-state index contributed by atoms with van der Waals surface area (Å²) in [5.41, 5.74) is 0. The molecule has 1 aromatic rings. The molecule has 0 N–H and O–H groups in total. The van der Waals surface area contributed by atoms with Gasteiger partial charge in [-0.1, -0.05) is 0 Å². The van der Waals surface area contributed by atoms with Gasteiger partial charge in [-0.3, -0.25) is 0 Å². The molecule has 2 heteroatoms. The fraction of sp³-hybridized carbons (Fsp3) is 0. The Morgan fingerprint density at radius 1 is 1.12 bits per heavy atom. The van der Waals surface area contributed by atoms with Crippen LogP contribution in [-0.2, 0) is 0 Å². The standard InChI is InChI=1S/C6H8GeO/c7-8-6-4-2-1-3-5-6/h1-5H,7H3. The molecule has 1 aromatic carbocycles. The first kappa shape index (κ1) is 5.70. The number of rotatable bonds is 1. The van der Waals surface area contributed by atoms with Gasteiger partial charge in [0.25, 0.3) is 0 Å². The van der Waals surface area contributed by atoms with Crippen LogP contribution in [0.1, 0.15) is 0 Å². The van der Waals surface area contributed by atoms with Gasteiger partial charge >= 0.3 is 56.7 Å². The van der Waals surface area contributed by atoms with Crippen molar-refractivity contribution >= 4 is 16.9 Å². The second-order valence-electron chi connectivity index (χ2n) is 1.52. The van der Waals surface area contributed by atoms with E-state index in [1.807, 2.05) is 30.3 Å². The van der Waals surface area contributed by atoms with Crippen molar-refractivity contribution in [1.29, 1.82) is 0 Å². The minimum absolute atomic E-state index is 0.467. The van der Waals surface area contributed by atoms with Gasteiger partial charge in [0.15, 0.2) is 0 Å². The Labute approximate surface area is 57.2 Å². The second-order valence-corrected chi connectivity index (χ2v) is 2.37. The van der Waals surface area contributed by atoms with Crippen LogP contribution in [-0.4, -0.2) is 16.9 Å². The van der Waals surface area contributed by atoms with Gasteiger partial charge in [0.2, 0.25) is 0 Å². The number of hydrogen-bond acceptors (Lipinski definition) is 1. The van der Waals surface area contributed by atoms with E-state index >= 15 is 0 Å². The molecule has 0 unspecified atom stereocenters. The molecule has 0 aromatic heterocycles. The monoisotopic (exact) mass is 170 g/mol. The molecule has 0 fully saturated rings. The zero-order valence-electron chi connectivity index (χ0n) is 4.79. The Morgan fingerprint density at radius 2 is 1.75 bits per heavy atom. The van der Waals surface area contributed by atoms with Crippen molar-refractivity contribution in [2.45, 2.75) is 0 Å².